The zero-order valence-electron chi connectivity index (χ0n) is 10.4. The number of hydrogen-bond acceptors (Lipinski definition) is 3. The van der Waals surface area contributed by atoms with Crippen LogP contribution < -0.4 is 11.1 Å². The molecule has 1 atom stereocenters. The Morgan fingerprint density at radius 3 is 2.58 bits per heavy atom. The molecule has 5 nitrogen and oxygen atoms in total. The number of anilines is 1. The molecule has 1 aromatic rings. The van der Waals surface area contributed by atoms with Crippen LogP contribution in [0.25, 0.3) is 0 Å². The molecule has 1 saturated carbocycles. The molecule has 1 aliphatic carbocycles. The normalized spacial score (nSPS) is 17.6. The Morgan fingerprint density at radius 1 is 1.47 bits per heavy atom. The molecule has 0 radical (unpaired) electrons. The first-order valence-electron chi connectivity index (χ1n) is 5.95. The standard InChI is InChI=1S/C13H15ClN2O3/c1-13(12(18)19,8-3-4-8)16-11(17)7-2-5-9(14)10(15)6-7/h2,5-6,8H,3-4,15H2,1H3,(H,16,17)(H,18,19). The van der Waals surface area contributed by atoms with Crippen molar-refractivity contribution >= 4 is 29.2 Å². The van der Waals surface area contributed by atoms with Crippen LogP contribution in [0.2, 0.25) is 5.02 Å². The first kappa shape index (κ1) is 13.7. The fraction of sp³-hybridized carbons (Fsp3) is 0.385. The van der Waals surface area contributed by atoms with Crippen LogP contribution in [0, 0.1) is 5.92 Å². The largest absolute Gasteiger partial charge is 0.480 e. The van der Waals surface area contributed by atoms with Gasteiger partial charge in [-0.15, -0.1) is 0 Å². The van der Waals surface area contributed by atoms with Gasteiger partial charge in [-0.3, -0.25) is 4.79 Å². The summed E-state index contributed by atoms with van der Waals surface area (Å²) in [6.45, 7) is 1.53. The molecule has 0 aliphatic heterocycles. The Balaban J connectivity index is 2.20. The summed E-state index contributed by atoms with van der Waals surface area (Å²) in [5.41, 5.74) is 4.99. The van der Waals surface area contributed by atoms with Gasteiger partial charge in [0.25, 0.3) is 5.91 Å². The van der Waals surface area contributed by atoms with Crippen molar-refractivity contribution < 1.29 is 14.7 Å². The molecule has 4 N–H and O–H groups in total. The van der Waals surface area contributed by atoms with Gasteiger partial charge in [-0.2, -0.15) is 0 Å². The van der Waals surface area contributed by atoms with Gasteiger partial charge in [0, 0.05) is 5.56 Å². The fourth-order valence-corrected chi connectivity index (χ4v) is 2.10. The molecule has 1 aliphatic rings. The molecular weight excluding hydrogens is 268 g/mol. The molecule has 6 heteroatoms. The third-order valence-corrected chi connectivity index (χ3v) is 3.81. The van der Waals surface area contributed by atoms with Gasteiger partial charge < -0.3 is 16.2 Å². The summed E-state index contributed by atoms with van der Waals surface area (Å²) in [6, 6.07) is 4.47. The van der Waals surface area contributed by atoms with Crippen LogP contribution in [-0.4, -0.2) is 22.5 Å². The lowest BCUT2D eigenvalue weighted by Gasteiger charge is -2.26. The van der Waals surface area contributed by atoms with E-state index in [-0.39, 0.29) is 11.6 Å². The number of rotatable bonds is 4. The minimum absolute atomic E-state index is 0.0152. The van der Waals surface area contributed by atoms with Crippen molar-refractivity contribution in [1.82, 2.24) is 5.32 Å². The summed E-state index contributed by atoms with van der Waals surface area (Å²) < 4.78 is 0. The molecule has 19 heavy (non-hydrogen) atoms. The number of carbonyl (C=O) groups is 2. The lowest BCUT2D eigenvalue weighted by atomic mass is 9.95. The lowest BCUT2D eigenvalue weighted by molar-refractivity contribution is -0.144. The summed E-state index contributed by atoms with van der Waals surface area (Å²) in [7, 11) is 0. The highest BCUT2D eigenvalue weighted by Crippen LogP contribution is 2.39. The maximum atomic E-state index is 12.1. The number of nitrogens with two attached hydrogens (primary N) is 1. The first-order chi connectivity index (χ1) is 8.84. The Kier molecular flexibility index (Phi) is 3.41. The SMILES string of the molecule is CC(NC(=O)c1ccc(Cl)c(N)c1)(C(=O)O)C1CC1. The Hall–Kier alpha value is -1.75. The Bertz CT molecular complexity index is 543. The highest BCUT2D eigenvalue weighted by molar-refractivity contribution is 6.33. The number of nitrogens with one attached hydrogen (secondary N) is 1. The third-order valence-electron chi connectivity index (χ3n) is 3.47. The summed E-state index contributed by atoms with van der Waals surface area (Å²) in [6.07, 6.45) is 1.62. The number of carboxylic acids is 1. The highest BCUT2D eigenvalue weighted by atomic mass is 35.5. The molecule has 0 aromatic heterocycles. The average Bonchev–Trinajstić information content (AvgIpc) is 3.16. The van der Waals surface area contributed by atoms with E-state index in [9.17, 15) is 14.7 Å². The number of amides is 1. The van der Waals surface area contributed by atoms with Gasteiger partial charge in [0.2, 0.25) is 0 Å². The maximum Gasteiger partial charge on any atom is 0.329 e. The monoisotopic (exact) mass is 282 g/mol. The van der Waals surface area contributed by atoms with Gasteiger partial charge in [-0.25, -0.2) is 4.79 Å². The van der Waals surface area contributed by atoms with Crippen LogP contribution >= 0.6 is 11.6 Å². The zero-order valence-corrected chi connectivity index (χ0v) is 11.2. The minimum atomic E-state index is -1.23. The van der Waals surface area contributed by atoms with Gasteiger partial charge >= 0.3 is 5.97 Å². The first-order valence-corrected chi connectivity index (χ1v) is 6.33. The van der Waals surface area contributed by atoms with E-state index in [2.05, 4.69) is 5.32 Å². The Morgan fingerprint density at radius 2 is 2.11 bits per heavy atom. The number of carbonyl (C=O) groups excluding carboxylic acids is 1. The smallest absolute Gasteiger partial charge is 0.329 e. The topological polar surface area (TPSA) is 92.4 Å². The number of hydrogen-bond donors (Lipinski definition) is 3. The van der Waals surface area contributed by atoms with Crippen LogP contribution in [0.4, 0.5) is 5.69 Å². The molecule has 102 valence electrons. The van der Waals surface area contributed by atoms with Crippen molar-refractivity contribution in [2.75, 3.05) is 5.73 Å². The van der Waals surface area contributed by atoms with Crippen LogP contribution in [0.5, 0.6) is 0 Å². The summed E-state index contributed by atoms with van der Waals surface area (Å²) in [5, 5.41) is 12.2. The number of nitrogen functional groups attached to an aromatic ring is 1. The van der Waals surface area contributed by atoms with E-state index in [1.807, 2.05) is 0 Å². The van der Waals surface area contributed by atoms with Gasteiger partial charge in [0.1, 0.15) is 5.54 Å². The second-order valence-electron chi connectivity index (χ2n) is 4.97. The van der Waals surface area contributed by atoms with E-state index in [1.54, 1.807) is 0 Å². The van der Waals surface area contributed by atoms with E-state index < -0.39 is 17.4 Å². The van der Waals surface area contributed by atoms with Crippen molar-refractivity contribution in [2.24, 2.45) is 5.92 Å². The fourth-order valence-electron chi connectivity index (χ4n) is 1.98. The number of benzene rings is 1. The predicted molar refractivity (Wildman–Crippen MR) is 72.1 cm³/mol. The van der Waals surface area contributed by atoms with E-state index in [4.69, 9.17) is 17.3 Å². The summed E-state index contributed by atoms with van der Waals surface area (Å²) in [5.74, 6) is -1.50. The second-order valence-corrected chi connectivity index (χ2v) is 5.38. The van der Waals surface area contributed by atoms with Crippen molar-refractivity contribution in [2.45, 2.75) is 25.3 Å². The lowest BCUT2D eigenvalue weighted by Crippen LogP contribution is -2.54. The minimum Gasteiger partial charge on any atom is -0.480 e. The molecule has 1 unspecified atom stereocenters. The van der Waals surface area contributed by atoms with Crippen molar-refractivity contribution in [1.29, 1.82) is 0 Å². The number of carboxylic acid groups (broad SMARTS) is 1. The average molecular weight is 283 g/mol. The molecule has 0 spiro atoms. The molecule has 1 amide bonds. The molecule has 1 aromatic carbocycles. The van der Waals surface area contributed by atoms with Crippen LogP contribution in [0.3, 0.4) is 0 Å². The molecule has 0 bridgehead atoms. The summed E-state index contributed by atoms with van der Waals surface area (Å²) >= 11 is 5.78. The molecule has 2 rings (SSSR count). The third kappa shape index (κ3) is 2.66. The van der Waals surface area contributed by atoms with Crippen molar-refractivity contribution in [3.05, 3.63) is 28.8 Å². The van der Waals surface area contributed by atoms with Gasteiger partial charge in [0.15, 0.2) is 0 Å². The van der Waals surface area contributed by atoms with E-state index in [1.165, 1.54) is 25.1 Å². The van der Waals surface area contributed by atoms with Gasteiger partial charge in [-0.1, -0.05) is 11.6 Å². The van der Waals surface area contributed by atoms with E-state index in [0.717, 1.165) is 12.8 Å². The second kappa shape index (κ2) is 4.74. The van der Waals surface area contributed by atoms with Gasteiger partial charge in [0.05, 0.1) is 10.7 Å². The zero-order chi connectivity index (χ0) is 14.2. The Labute approximate surface area is 115 Å². The van der Waals surface area contributed by atoms with Crippen LogP contribution in [0.1, 0.15) is 30.1 Å². The van der Waals surface area contributed by atoms with Crippen molar-refractivity contribution in [3.63, 3.8) is 0 Å². The number of aliphatic carboxylic acids is 1. The predicted octanol–water partition coefficient (Wildman–Crippen LogP) is 1.91. The molecule has 0 saturated heterocycles. The van der Waals surface area contributed by atoms with Crippen molar-refractivity contribution in [3.8, 4) is 0 Å². The van der Waals surface area contributed by atoms with Crippen LogP contribution in [-0.2, 0) is 4.79 Å². The molecular formula is C13H15ClN2O3. The van der Waals surface area contributed by atoms with E-state index in [0.29, 0.717) is 10.6 Å². The highest BCUT2D eigenvalue weighted by Gasteiger charge is 2.48. The quantitative estimate of drug-likeness (QED) is 0.736. The summed E-state index contributed by atoms with van der Waals surface area (Å²) in [4.78, 5) is 23.4. The molecule has 1 fully saturated rings. The van der Waals surface area contributed by atoms with Crippen LogP contribution in [0.15, 0.2) is 18.2 Å². The van der Waals surface area contributed by atoms with E-state index >= 15 is 0 Å². The number of halogens is 1. The van der Waals surface area contributed by atoms with Gasteiger partial charge in [-0.05, 0) is 43.9 Å². The molecule has 0 heterocycles. The maximum absolute atomic E-state index is 12.1.